The van der Waals surface area contributed by atoms with Gasteiger partial charge in [0.25, 0.3) is 5.91 Å². The molecule has 1 saturated heterocycles. The standard InChI is InChI=1S/C18H16N4O5S/c1-2-26-14-10-4-3-5-12(10)21-7-9(19-17(21)20-14)6-11-15(23)22-13(27-18(24)25)8-28-16(11)22/h6-8,16H,2-5H2,1H3,(H,24,25). The molecule has 1 fully saturated rings. The molecule has 144 valence electrons. The number of amides is 1. The number of carbonyl (C=O) groups is 2. The number of nitrogens with zero attached hydrogens (tertiary/aromatic N) is 4. The predicted octanol–water partition coefficient (Wildman–Crippen LogP) is 2.41. The van der Waals surface area contributed by atoms with Crippen molar-refractivity contribution in [3.05, 3.63) is 40.0 Å². The van der Waals surface area contributed by atoms with Crippen molar-refractivity contribution in [3.63, 3.8) is 0 Å². The molecular formula is C18H16N4O5S. The van der Waals surface area contributed by atoms with E-state index in [-0.39, 0.29) is 17.2 Å². The summed E-state index contributed by atoms with van der Waals surface area (Å²) in [6.45, 7) is 2.47. The van der Waals surface area contributed by atoms with E-state index in [1.165, 1.54) is 22.1 Å². The second-order valence-corrected chi connectivity index (χ2v) is 7.51. The first-order chi connectivity index (χ1) is 13.6. The lowest BCUT2D eigenvalue weighted by Gasteiger charge is -2.36. The van der Waals surface area contributed by atoms with Crippen LogP contribution < -0.4 is 4.74 Å². The van der Waals surface area contributed by atoms with Gasteiger partial charge in [0.1, 0.15) is 5.37 Å². The van der Waals surface area contributed by atoms with Crippen molar-refractivity contribution in [2.24, 2.45) is 0 Å². The fourth-order valence-corrected chi connectivity index (χ4v) is 4.83. The van der Waals surface area contributed by atoms with Crippen LogP contribution >= 0.6 is 11.8 Å². The highest BCUT2D eigenvalue weighted by molar-refractivity contribution is 8.03. The van der Waals surface area contributed by atoms with E-state index in [0.717, 1.165) is 30.5 Å². The van der Waals surface area contributed by atoms with E-state index in [1.807, 2.05) is 17.5 Å². The van der Waals surface area contributed by atoms with Gasteiger partial charge in [-0.2, -0.15) is 4.98 Å². The lowest BCUT2D eigenvalue weighted by atomic mass is 10.1. The number of hydrogen-bond acceptors (Lipinski definition) is 7. The number of aromatic nitrogens is 3. The van der Waals surface area contributed by atoms with Gasteiger partial charge in [0.2, 0.25) is 17.5 Å². The Morgan fingerprint density at radius 3 is 3.07 bits per heavy atom. The molecule has 0 saturated carbocycles. The molecular weight excluding hydrogens is 384 g/mol. The van der Waals surface area contributed by atoms with E-state index in [0.29, 0.717) is 29.5 Å². The van der Waals surface area contributed by atoms with E-state index in [4.69, 9.17) is 9.84 Å². The highest BCUT2D eigenvalue weighted by atomic mass is 32.2. The maximum absolute atomic E-state index is 12.4. The van der Waals surface area contributed by atoms with E-state index in [9.17, 15) is 9.59 Å². The maximum atomic E-state index is 12.4. The summed E-state index contributed by atoms with van der Waals surface area (Å²) in [6, 6.07) is 0. The number of carbonyl (C=O) groups excluding carboxylic acids is 1. The molecule has 4 heterocycles. The normalized spacial score (nSPS) is 21.5. The Bertz CT molecular complexity index is 1090. The fourth-order valence-electron chi connectivity index (χ4n) is 3.78. The molecule has 5 rings (SSSR count). The zero-order valence-corrected chi connectivity index (χ0v) is 15.7. The molecule has 9 nitrogen and oxygen atoms in total. The lowest BCUT2D eigenvalue weighted by molar-refractivity contribution is -0.133. The Hall–Kier alpha value is -3.01. The van der Waals surface area contributed by atoms with Crippen LogP contribution in [0, 0.1) is 0 Å². The fraction of sp³-hybridized carbons (Fsp3) is 0.333. The molecule has 1 atom stereocenters. The molecule has 1 N–H and O–H groups in total. The first kappa shape index (κ1) is 17.1. The molecule has 1 unspecified atom stereocenters. The number of ether oxygens (including phenoxy) is 2. The van der Waals surface area contributed by atoms with Crippen LogP contribution in [0.1, 0.15) is 30.3 Å². The van der Waals surface area contributed by atoms with Crippen LogP contribution in [0.25, 0.3) is 11.9 Å². The minimum Gasteiger partial charge on any atom is -0.478 e. The van der Waals surface area contributed by atoms with Crippen molar-refractivity contribution in [1.82, 2.24) is 19.3 Å². The summed E-state index contributed by atoms with van der Waals surface area (Å²) in [5.41, 5.74) is 3.46. The molecule has 28 heavy (non-hydrogen) atoms. The number of aryl methyl sites for hydroxylation is 1. The third kappa shape index (κ3) is 2.48. The van der Waals surface area contributed by atoms with Crippen LogP contribution in [0.4, 0.5) is 4.79 Å². The van der Waals surface area contributed by atoms with Crippen molar-refractivity contribution in [2.75, 3.05) is 6.61 Å². The van der Waals surface area contributed by atoms with Crippen LogP contribution in [0.15, 0.2) is 23.1 Å². The summed E-state index contributed by atoms with van der Waals surface area (Å²) in [7, 11) is 0. The van der Waals surface area contributed by atoms with Gasteiger partial charge < -0.3 is 14.6 Å². The lowest BCUT2D eigenvalue weighted by Crippen LogP contribution is -2.50. The highest BCUT2D eigenvalue weighted by Gasteiger charge is 2.49. The maximum Gasteiger partial charge on any atom is 0.512 e. The quantitative estimate of drug-likeness (QED) is 0.474. The molecule has 0 spiro atoms. The minimum atomic E-state index is -1.44. The molecule has 2 aromatic rings. The van der Waals surface area contributed by atoms with Crippen LogP contribution in [0.5, 0.6) is 5.88 Å². The Kier molecular flexibility index (Phi) is 3.83. The van der Waals surface area contributed by atoms with Gasteiger partial charge in [-0.25, -0.2) is 9.78 Å². The van der Waals surface area contributed by atoms with Gasteiger partial charge in [-0.1, -0.05) is 11.8 Å². The van der Waals surface area contributed by atoms with Gasteiger partial charge in [-0.05, 0) is 32.3 Å². The number of carboxylic acid groups (broad SMARTS) is 1. The van der Waals surface area contributed by atoms with Crippen molar-refractivity contribution in [3.8, 4) is 5.88 Å². The molecule has 3 aliphatic rings. The Morgan fingerprint density at radius 2 is 2.29 bits per heavy atom. The monoisotopic (exact) mass is 400 g/mol. The van der Waals surface area contributed by atoms with E-state index in [2.05, 4.69) is 14.7 Å². The van der Waals surface area contributed by atoms with E-state index in [1.54, 1.807) is 6.08 Å². The van der Waals surface area contributed by atoms with Crippen LogP contribution in [0.2, 0.25) is 0 Å². The summed E-state index contributed by atoms with van der Waals surface area (Å²) in [6.07, 6.45) is 5.09. The second kappa shape index (κ2) is 6.26. The zero-order valence-electron chi connectivity index (χ0n) is 14.9. The van der Waals surface area contributed by atoms with Crippen LogP contribution in [-0.4, -0.2) is 48.4 Å². The summed E-state index contributed by atoms with van der Waals surface area (Å²) in [4.78, 5) is 33.6. The van der Waals surface area contributed by atoms with E-state index >= 15 is 0 Å². The third-order valence-corrected chi connectivity index (χ3v) is 5.98. The van der Waals surface area contributed by atoms with Gasteiger partial charge in [0.05, 0.1) is 17.9 Å². The molecule has 2 aliphatic heterocycles. The number of thioether (sulfide) groups is 1. The Labute approximate surface area is 163 Å². The first-order valence-electron chi connectivity index (χ1n) is 8.92. The third-order valence-electron chi connectivity index (χ3n) is 4.92. The van der Waals surface area contributed by atoms with Crippen molar-refractivity contribution >= 4 is 35.7 Å². The van der Waals surface area contributed by atoms with Crippen molar-refractivity contribution in [2.45, 2.75) is 31.6 Å². The molecule has 2 aromatic heterocycles. The smallest absolute Gasteiger partial charge is 0.478 e. The number of hydrogen-bond donors (Lipinski definition) is 1. The molecule has 1 aliphatic carbocycles. The predicted molar refractivity (Wildman–Crippen MR) is 99.6 cm³/mol. The SMILES string of the molecule is CCOc1nc2nc(C=C3C(=O)N4C(OC(=O)O)=CSC34)cn2c2c1CCC2. The summed E-state index contributed by atoms with van der Waals surface area (Å²) in [5, 5.41) is 10.00. The Balaban J connectivity index is 1.47. The average Bonchev–Trinajstić information content (AvgIpc) is 3.35. The minimum absolute atomic E-state index is 0.0421. The van der Waals surface area contributed by atoms with Crippen molar-refractivity contribution in [1.29, 1.82) is 0 Å². The second-order valence-electron chi connectivity index (χ2n) is 6.55. The molecule has 10 heteroatoms. The number of rotatable bonds is 4. The molecule has 1 amide bonds. The Morgan fingerprint density at radius 1 is 1.43 bits per heavy atom. The number of β-lactam (4-membered cyclic amide) rings is 1. The topological polar surface area (TPSA) is 106 Å². The number of imidazole rings is 1. The summed E-state index contributed by atoms with van der Waals surface area (Å²) < 4.78 is 12.3. The molecule has 0 bridgehead atoms. The van der Waals surface area contributed by atoms with E-state index < -0.39 is 6.16 Å². The number of fused-ring (bicyclic) bond motifs is 4. The zero-order chi connectivity index (χ0) is 19.4. The van der Waals surface area contributed by atoms with Gasteiger partial charge in [-0.3, -0.25) is 14.1 Å². The highest BCUT2D eigenvalue weighted by Crippen LogP contribution is 2.45. The summed E-state index contributed by atoms with van der Waals surface area (Å²) in [5.74, 6) is 0.948. The summed E-state index contributed by atoms with van der Waals surface area (Å²) >= 11 is 1.33. The largest absolute Gasteiger partial charge is 0.512 e. The first-order valence-corrected chi connectivity index (χ1v) is 9.86. The average molecular weight is 400 g/mol. The van der Waals surface area contributed by atoms with Gasteiger partial charge in [-0.15, -0.1) is 0 Å². The van der Waals surface area contributed by atoms with Gasteiger partial charge >= 0.3 is 6.16 Å². The molecule has 0 radical (unpaired) electrons. The molecule has 0 aromatic carbocycles. The van der Waals surface area contributed by atoms with Gasteiger partial charge in [0.15, 0.2) is 0 Å². The van der Waals surface area contributed by atoms with Crippen LogP contribution in [-0.2, 0) is 22.4 Å². The van der Waals surface area contributed by atoms with Crippen LogP contribution in [0.3, 0.4) is 0 Å². The van der Waals surface area contributed by atoms with Gasteiger partial charge in [0, 0.05) is 22.9 Å². The van der Waals surface area contributed by atoms with Crippen molar-refractivity contribution < 1.29 is 24.2 Å².